The van der Waals surface area contributed by atoms with E-state index in [1.807, 2.05) is 6.07 Å². The van der Waals surface area contributed by atoms with Crippen LogP contribution in [0.5, 0.6) is 0 Å². The first kappa shape index (κ1) is 13.0. The highest BCUT2D eigenvalue weighted by atomic mass is 19.1. The average Bonchev–Trinajstić information content (AvgIpc) is 2.41. The van der Waals surface area contributed by atoms with Gasteiger partial charge in [-0.05, 0) is 18.2 Å². The highest BCUT2D eigenvalue weighted by Crippen LogP contribution is 2.15. The number of morpholine rings is 1. The fourth-order valence-corrected chi connectivity index (χ4v) is 2.07. The Kier molecular flexibility index (Phi) is 4.26. The molecule has 96 valence electrons. The van der Waals surface area contributed by atoms with Crippen molar-refractivity contribution in [2.75, 3.05) is 26.2 Å². The van der Waals surface area contributed by atoms with Gasteiger partial charge in [-0.25, -0.2) is 4.39 Å². The van der Waals surface area contributed by atoms with Crippen LogP contribution in [0, 0.1) is 17.1 Å². The Hall–Kier alpha value is -1.48. The number of halogens is 1. The summed E-state index contributed by atoms with van der Waals surface area (Å²) in [6.07, 6.45) is 0.0148. The number of nitrogens with zero attached hydrogens (tertiary/aromatic N) is 2. The number of rotatable bonds is 3. The fraction of sp³-hybridized carbons (Fsp3) is 0.462. The molecular weight excluding hydrogens is 233 g/mol. The summed E-state index contributed by atoms with van der Waals surface area (Å²) < 4.78 is 19.1. The van der Waals surface area contributed by atoms with Crippen LogP contribution in [0.15, 0.2) is 18.2 Å². The van der Waals surface area contributed by atoms with Crippen LogP contribution in [-0.2, 0) is 11.3 Å². The van der Waals surface area contributed by atoms with Crippen LogP contribution in [0.4, 0.5) is 4.39 Å². The van der Waals surface area contributed by atoms with Crippen molar-refractivity contribution in [3.63, 3.8) is 0 Å². The summed E-state index contributed by atoms with van der Waals surface area (Å²) in [7, 11) is 0. The Morgan fingerprint density at radius 1 is 1.56 bits per heavy atom. The number of benzene rings is 1. The molecule has 1 unspecified atom stereocenters. The second-order valence-corrected chi connectivity index (χ2v) is 4.38. The van der Waals surface area contributed by atoms with Crippen molar-refractivity contribution in [1.82, 2.24) is 4.90 Å². The Balaban J connectivity index is 2.07. The molecule has 1 aromatic rings. The number of hydrogen-bond acceptors (Lipinski definition) is 4. The standard InChI is InChI=1S/C13H16FN3O/c14-13-2-1-10(6-15)5-11(13)8-17-3-4-18-12(7-16)9-17/h1-2,5,12H,3-4,7-9,16H2. The Bertz CT molecular complexity index is 458. The molecule has 2 N–H and O–H groups in total. The van der Waals surface area contributed by atoms with Gasteiger partial charge in [0.25, 0.3) is 0 Å². The quantitative estimate of drug-likeness (QED) is 0.863. The molecule has 2 rings (SSSR count). The second kappa shape index (κ2) is 5.91. The zero-order chi connectivity index (χ0) is 13.0. The maximum Gasteiger partial charge on any atom is 0.127 e. The number of nitriles is 1. The topological polar surface area (TPSA) is 62.3 Å². The first-order valence-electron chi connectivity index (χ1n) is 5.95. The van der Waals surface area contributed by atoms with Gasteiger partial charge in [0.1, 0.15) is 5.82 Å². The van der Waals surface area contributed by atoms with E-state index >= 15 is 0 Å². The highest BCUT2D eigenvalue weighted by Gasteiger charge is 2.20. The smallest absolute Gasteiger partial charge is 0.127 e. The molecule has 1 fully saturated rings. The third-order valence-electron chi connectivity index (χ3n) is 3.05. The molecule has 5 heteroatoms. The highest BCUT2D eigenvalue weighted by molar-refractivity contribution is 5.33. The van der Waals surface area contributed by atoms with Crippen LogP contribution in [0.1, 0.15) is 11.1 Å². The van der Waals surface area contributed by atoms with Crippen molar-refractivity contribution in [3.05, 3.63) is 35.1 Å². The van der Waals surface area contributed by atoms with Crippen molar-refractivity contribution >= 4 is 0 Å². The molecule has 0 aromatic heterocycles. The minimum Gasteiger partial charge on any atom is -0.374 e. The van der Waals surface area contributed by atoms with Crippen LogP contribution in [0.2, 0.25) is 0 Å². The Labute approximate surface area is 106 Å². The van der Waals surface area contributed by atoms with Gasteiger partial charge >= 0.3 is 0 Å². The average molecular weight is 249 g/mol. The van der Waals surface area contributed by atoms with Crippen molar-refractivity contribution in [2.45, 2.75) is 12.6 Å². The molecule has 1 aliphatic rings. The van der Waals surface area contributed by atoms with E-state index in [1.165, 1.54) is 12.1 Å². The first-order chi connectivity index (χ1) is 8.72. The molecule has 1 heterocycles. The molecule has 0 amide bonds. The summed E-state index contributed by atoms with van der Waals surface area (Å²) in [6, 6.07) is 6.45. The van der Waals surface area contributed by atoms with Crippen molar-refractivity contribution < 1.29 is 9.13 Å². The van der Waals surface area contributed by atoms with E-state index in [4.69, 9.17) is 15.7 Å². The molecule has 1 aromatic carbocycles. The molecule has 18 heavy (non-hydrogen) atoms. The predicted octanol–water partition coefficient (Wildman–Crippen LogP) is 0.857. The summed E-state index contributed by atoms with van der Waals surface area (Å²) in [5.41, 5.74) is 6.60. The van der Waals surface area contributed by atoms with Gasteiger partial charge in [-0.15, -0.1) is 0 Å². The van der Waals surface area contributed by atoms with Gasteiger partial charge in [0.05, 0.1) is 24.3 Å². The lowest BCUT2D eigenvalue weighted by atomic mass is 10.1. The van der Waals surface area contributed by atoms with Gasteiger partial charge in [0, 0.05) is 31.7 Å². The van der Waals surface area contributed by atoms with Crippen LogP contribution in [0.3, 0.4) is 0 Å². The largest absolute Gasteiger partial charge is 0.374 e. The van der Waals surface area contributed by atoms with Crippen LogP contribution >= 0.6 is 0 Å². The lowest BCUT2D eigenvalue weighted by Crippen LogP contribution is -2.45. The number of hydrogen-bond donors (Lipinski definition) is 1. The molecule has 1 saturated heterocycles. The predicted molar refractivity (Wildman–Crippen MR) is 65.2 cm³/mol. The normalized spacial score (nSPS) is 20.6. The van der Waals surface area contributed by atoms with Crippen LogP contribution in [0.25, 0.3) is 0 Å². The molecular formula is C13H16FN3O. The van der Waals surface area contributed by atoms with E-state index in [1.54, 1.807) is 6.07 Å². The molecule has 0 spiro atoms. The Morgan fingerprint density at radius 2 is 2.39 bits per heavy atom. The third-order valence-corrected chi connectivity index (χ3v) is 3.05. The summed E-state index contributed by atoms with van der Waals surface area (Å²) >= 11 is 0. The molecule has 0 saturated carbocycles. The van der Waals surface area contributed by atoms with Crippen LogP contribution in [-0.4, -0.2) is 37.2 Å². The molecule has 1 aliphatic heterocycles. The zero-order valence-electron chi connectivity index (χ0n) is 10.1. The maximum absolute atomic E-state index is 13.6. The SMILES string of the molecule is N#Cc1ccc(F)c(CN2CCOC(CN)C2)c1. The summed E-state index contributed by atoms with van der Waals surface area (Å²) in [6.45, 7) is 3.03. The Morgan fingerprint density at radius 3 is 3.11 bits per heavy atom. The molecule has 0 aliphatic carbocycles. The van der Waals surface area contributed by atoms with Gasteiger partial charge in [-0.1, -0.05) is 0 Å². The van der Waals surface area contributed by atoms with Crippen molar-refractivity contribution in [1.29, 1.82) is 5.26 Å². The van der Waals surface area contributed by atoms with E-state index in [0.717, 1.165) is 6.54 Å². The monoisotopic (exact) mass is 249 g/mol. The lowest BCUT2D eigenvalue weighted by molar-refractivity contribution is -0.0263. The van der Waals surface area contributed by atoms with Gasteiger partial charge in [0.2, 0.25) is 0 Å². The van der Waals surface area contributed by atoms with E-state index < -0.39 is 0 Å². The summed E-state index contributed by atoms with van der Waals surface area (Å²) in [4.78, 5) is 2.10. The second-order valence-electron chi connectivity index (χ2n) is 4.38. The lowest BCUT2D eigenvalue weighted by Gasteiger charge is -2.32. The number of ether oxygens (including phenoxy) is 1. The zero-order valence-corrected chi connectivity index (χ0v) is 10.1. The van der Waals surface area contributed by atoms with E-state index in [-0.39, 0.29) is 11.9 Å². The van der Waals surface area contributed by atoms with Crippen molar-refractivity contribution in [2.24, 2.45) is 5.73 Å². The maximum atomic E-state index is 13.6. The van der Waals surface area contributed by atoms with Gasteiger partial charge in [-0.3, -0.25) is 4.90 Å². The third kappa shape index (κ3) is 3.05. The minimum atomic E-state index is -0.273. The van der Waals surface area contributed by atoms with Gasteiger partial charge < -0.3 is 10.5 Å². The summed E-state index contributed by atoms with van der Waals surface area (Å²) in [5, 5.41) is 8.82. The minimum absolute atomic E-state index is 0.0148. The van der Waals surface area contributed by atoms with Gasteiger partial charge in [0.15, 0.2) is 0 Å². The molecule has 1 atom stereocenters. The van der Waals surface area contributed by atoms with Gasteiger partial charge in [-0.2, -0.15) is 5.26 Å². The molecule has 0 bridgehead atoms. The van der Waals surface area contributed by atoms with E-state index in [9.17, 15) is 4.39 Å². The van der Waals surface area contributed by atoms with E-state index in [2.05, 4.69) is 4.90 Å². The molecule has 4 nitrogen and oxygen atoms in total. The fourth-order valence-electron chi connectivity index (χ4n) is 2.07. The van der Waals surface area contributed by atoms with E-state index in [0.29, 0.717) is 37.4 Å². The van der Waals surface area contributed by atoms with Crippen molar-refractivity contribution in [3.8, 4) is 6.07 Å². The first-order valence-corrected chi connectivity index (χ1v) is 5.95. The molecule has 0 radical (unpaired) electrons. The summed E-state index contributed by atoms with van der Waals surface area (Å²) in [5.74, 6) is -0.273. The van der Waals surface area contributed by atoms with Crippen LogP contribution < -0.4 is 5.73 Å². The number of nitrogens with two attached hydrogens (primary N) is 1.